The van der Waals surface area contributed by atoms with Gasteiger partial charge < -0.3 is 14.6 Å². The maximum atomic E-state index is 12.9. The molecule has 5 nitrogen and oxygen atoms in total. The van der Waals surface area contributed by atoms with E-state index in [4.69, 9.17) is 9.72 Å². The van der Waals surface area contributed by atoms with Gasteiger partial charge in [-0.25, -0.2) is 4.98 Å². The molecule has 0 saturated carbocycles. The molecule has 1 fully saturated rings. The van der Waals surface area contributed by atoms with Crippen molar-refractivity contribution in [2.24, 2.45) is 0 Å². The summed E-state index contributed by atoms with van der Waals surface area (Å²) < 4.78 is 5.92. The van der Waals surface area contributed by atoms with Gasteiger partial charge in [0.25, 0.3) is 0 Å². The van der Waals surface area contributed by atoms with Crippen molar-refractivity contribution in [1.82, 2.24) is 14.9 Å². The molecule has 1 saturated heterocycles. The molecular formula is C25H31N3O2. The molecule has 30 heavy (non-hydrogen) atoms. The van der Waals surface area contributed by atoms with Gasteiger partial charge in [0.2, 0.25) is 5.91 Å². The fourth-order valence-corrected chi connectivity index (χ4v) is 4.22. The second-order valence-electron chi connectivity index (χ2n) is 8.46. The highest BCUT2D eigenvalue weighted by Gasteiger charge is 2.31. The highest BCUT2D eigenvalue weighted by molar-refractivity contribution is 5.78. The Balaban J connectivity index is 1.29. The quantitative estimate of drug-likeness (QED) is 0.535. The van der Waals surface area contributed by atoms with E-state index in [0.29, 0.717) is 13.0 Å². The van der Waals surface area contributed by atoms with Crippen LogP contribution in [0, 0.1) is 20.8 Å². The summed E-state index contributed by atoms with van der Waals surface area (Å²) in [4.78, 5) is 23.1. The van der Waals surface area contributed by atoms with Crippen molar-refractivity contribution >= 4 is 16.9 Å². The number of amides is 1. The molecule has 2 heterocycles. The molecule has 4 rings (SSSR count). The van der Waals surface area contributed by atoms with Crippen LogP contribution in [0.2, 0.25) is 0 Å². The molecule has 3 aromatic rings. The maximum Gasteiger partial charge on any atom is 0.223 e. The minimum Gasteiger partial charge on any atom is -0.493 e. The van der Waals surface area contributed by atoms with Gasteiger partial charge in [-0.15, -0.1) is 0 Å². The van der Waals surface area contributed by atoms with Gasteiger partial charge >= 0.3 is 0 Å². The topological polar surface area (TPSA) is 58.2 Å². The van der Waals surface area contributed by atoms with Crippen LogP contribution in [-0.2, 0) is 4.79 Å². The third kappa shape index (κ3) is 4.50. The fourth-order valence-electron chi connectivity index (χ4n) is 4.22. The van der Waals surface area contributed by atoms with Crippen molar-refractivity contribution < 1.29 is 9.53 Å². The zero-order valence-corrected chi connectivity index (χ0v) is 18.2. The summed E-state index contributed by atoms with van der Waals surface area (Å²) >= 11 is 0. The third-order valence-corrected chi connectivity index (χ3v) is 5.93. The standard InChI is InChI=1S/C25H31N3O2/c1-17-10-12-20-21(15-17)27-25(26-20)22-7-6-13-28(22)24(29)8-4-5-14-30-23-16-18(2)9-11-19(23)3/h9-12,15-16,22H,4-8,13-14H2,1-3H3,(H,26,27). The number of benzene rings is 2. The number of likely N-dealkylation sites (tertiary alicyclic amines) is 1. The number of imidazole rings is 1. The smallest absolute Gasteiger partial charge is 0.223 e. The van der Waals surface area contributed by atoms with Crippen LogP contribution in [0.15, 0.2) is 36.4 Å². The monoisotopic (exact) mass is 405 g/mol. The minimum atomic E-state index is 0.0661. The summed E-state index contributed by atoms with van der Waals surface area (Å²) in [5.41, 5.74) is 5.58. The van der Waals surface area contributed by atoms with Gasteiger partial charge in [-0.3, -0.25) is 4.79 Å². The zero-order chi connectivity index (χ0) is 21.1. The van der Waals surface area contributed by atoms with Gasteiger partial charge in [0.15, 0.2) is 0 Å². The SMILES string of the molecule is Cc1ccc(C)c(OCCCCC(=O)N2CCCC2c2nc3ccc(C)cc3[nH]2)c1. The fraction of sp³-hybridized carbons (Fsp3) is 0.440. The Morgan fingerprint density at radius 1 is 1.13 bits per heavy atom. The number of nitrogens with one attached hydrogen (secondary N) is 1. The molecule has 0 aliphatic carbocycles. The maximum absolute atomic E-state index is 12.9. The summed E-state index contributed by atoms with van der Waals surface area (Å²) in [6.45, 7) is 7.67. The van der Waals surface area contributed by atoms with E-state index in [-0.39, 0.29) is 11.9 Å². The van der Waals surface area contributed by atoms with Gasteiger partial charge in [-0.05, 0) is 81.3 Å². The first-order valence-electron chi connectivity index (χ1n) is 11.0. The average Bonchev–Trinajstić information content (AvgIpc) is 3.36. The number of nitrogens with zero attached hydrogens (tertiary/aromatic N) is 2. The highest BCUT2D eigenvalue weighted by atomic mass is 16.5. The zero-order valence-electron chi connectivity index (χ0n) is 18.2. The number of H-pyrrole nitrogens is 1. The lowest BCUT2D eigenvalue weighted by Crippen LogP contribution is -2.30. The van der Waals surface area contributed by atoms with Crippen molar-refractivity contribution in [1.29, 1.82) is 0 Å². The van der Waals surface area contributed by atoms with Crippen LogP contribution in [0.4, 0.5) is 0 Å². The lowest BCUT2D eigenvalue weighted by molar-refractivity contribution is -0.132. The van der Waals surface area contributed by atoms with Crippen LogP contribution < -0.4 is 4.74 Å². The summed E-state index contributed by atoms with van der Waals surface area (Å²) in [7, 11) is 0. The molecule has 1 amide bonds. The Hall–Kier alpha value is -2.82. The molecule has 5 heteroatoms. The van der Waals surface area contributed by atoms with E-state index in [0.717, 1.165) is 60.4 Å². The van der Waals surface area contributed by atoms with Gasteiger partial charge in [0.1, 0.15) is 11.6 Å². The highest BCUT2D eigenvalue weighted by Crippen LogP contribution is 2.32. The average molecular weight is 406 g/mol. The van der Waals surface area contributed by atoms with Crippen molar-refractivity contribution in [2.75, 3.05) is 13.2 Å². The van der Waals surface area contributed by atoms with Gasteiger partial charge in [0, 0.05) is 13.0 Å². The van der Waals surface area contributed by atoms with E-state index < -0.39 is 0 Å². The van der Waals surface area contributed by atoms with Crippen LogP contribution in [-0.4, -0.2) is 33.9 Å². The van der Waals surface area contributed by atoms with Crippen molar-refractivity contribution in [3.05, 3.63) is 58.9 Å². The number of aromatic amines is 1. The van der Waals surface area contributed by atoms with Crippen LogP contribution in [0.5, 0.6) is 5.75 Å². The minimum absolute atomic E-state index is 0.0661. The number of ether oxygens (including phenoxy) is 1. The van der Waals surface area contributed by atoms with E-state index in [2.05, 4.69) is 56.1 Å². The molecule has 1 unspecified atom stereocenters. The largest absolute Gasteiger partial charge is 0.493 e. The number of unbranched alkanes of at least 4 members (excludes halogenated alkanes) is 1. The summed E-state index contributed by atoms with van der Waals surface area (Å²) in [6, 6.07) is 12.5. The number of hydrogen-bond acceptors (Lipinski definition) is 3. The number of carbonyl (C=O) groups is 1. The Labute approximate surface area is 178 Å². The predicted molar refractivity (Wildman–Crippen MR) is 120 cm³/mol. The molecular weight excluding hydrogens is 374 g/mol. The Kier molecular flexibility index (Phi) is 6.07. The van der Waals surface area contributed by atoms with Gasteiger partial charge in [-0.2, -0.15) is 0 Å². The number of fused-ring (bicyclic) bond motifs is 1. The van der Waals surface area contributed by atoms with E-state index in [9.17, 15) is 4.79 Å². The number of hydrogen-bond donors (Lipinski definition) is 1. The van der Waals surface area contributed by atoms with E-state index in [1.807, 2.05) is 11.0 Å². The summed E-state index contributed by atoms with van der Waals surface area (Å²) in [5, 5.41) is 0. The molecule has 158 valence electrons. The van der Waals surface area contributed by atoms with Gasteiger partial charge in [0.05, 0.1) is 23.7 Å². The summed E-state index contributed by atoms with van der Waals surface area (Å²) in [5.74, 6) is 2.08. The van der Waals surface area contributed by atoms with Crippen LogP contribution >= 0.6 is 0 Å². The van der Waals surface area contributed by atoms with Gasteiger partial charge in [-0.1, -0.05) is 18.2 Å². The molecule has 2 aromatic carbocycles. The first-order chi connectivity index (χ1) is 14.5. The lowest BCUT2D eigenvalue weighted by atomic mass is 10.1. The molecule has 1 atom stereocenters. The Morgan fingerprint density at radius 3 is 2.80 bits per heavy atom. The first-order valence-corrected chi connectivity index (χ1v) is 11.0. The second kappa shape index (κ2) is 8.90. The van der Waals surface area contributed by atoms with E-state index >= 15 is 0 Å². The Bertz CT molecular complexity index is 1040. The third-order valence-electron chi connectivity index (χ3n) is 5.93. The number of carbonyl (C=O) groups excluding carboxylic acids is 1. The van der Waals surface area contributed by atoms with Crippen LogP contribution in [0.1, 0.15) is 60.7 Å². The first kappa shape index (κ1) is 20.5. The Morgan fingerprint density at radius 2 is 1.93 bits per heavy atom. The second-order valence-corrected chi connectivity index (χ2v) is 8.46. The molecule has 1 N–H and O–H groups in total. The molecule has 0 radical (unpaired) electrons. The molecule has 0 bridgehead atoms. The van der Waals surface area contributed by atoms with Crippen LogP contribution in [0.25, 0.3) is 11.0 Å². The normalized spacial score (nSPS) is 16.4. The number of rotatable bonds is 7. The number of aromatic nitrogens is 2. The van der Waals surface area contributed by atoms with Crippen molar-refractivity contribution in [3.63, 3.8) is 0 Å². The van der Waals surface area contributed by atoms with Crippen molar-refractivity contribution in [3.8, 4) is 5.75 Å². The molecule has 1 aromatic heterocycles. The van der Waals surface area contributed by atoms with E-state index in [1.165, 1.54) is 11.1 Å². The molecule has 0 spiro atoms. The predicted octanol–water partition coefficient (Wildman–Crippen LogP) is 5.40. The summed E-state index contributed by atoms with van der Waals surface area (Å²) in [6.07, 6.45) is 4.28. The van der Waals surface area contributed by atoms with Crippen LogP contribution in [0.3, 0.4) is 0 Å². The number of aryl methyl sites for hydroxylation is 3. The lowest BCUT2D eigenvalue weighted by Gasteiger charge is -2.23. The molecule has 1 aliphatic heterocycles. The van der Waals surface area contributed by atoms with E-state index in [1.54, 1.807) is 0 Å². The van der Waals surface area contributed by atoms with Crippen molar-refractivity contribution in [2.45, 2.75) is 58.9 Å². The molecule has 1 aliphatic rings.